The fourth-order valence-electron chi connectivity index (χ4n) is 8.32. The van der Waals surface area contributed by atoms with Gasteiger partial charge in [-0.2, -0.15) is 0 Å². The predicted octanol–water partition coefficient (Wildman–Crippen LogP) is 18.2. The minimum atomic E-state index is -0.767. The summed E-state index contributed by atoms with van der Waals surface area (Å²) in [7, 11) is 0. The van der Waals surface area contributed by atoms with E-state index in [1.807, 2.05) is 0 Å². The van der Waals surface area contributed by atoms with Crippen LogP contribution in [-0.4, -0.2) is 37.2 Å². The van der Waals surface area contributed by atoms with Gasteiger partial charge < -0.3 is 14.2 Å². The molecule has 0 aliphatic heterocycles. The second kappa shape index (κ2) is 51.8. The van der Waals surface area contributed by atoms with Crippen molar-refractivity contribution in [2.45, 2.75) is 316 Å². The zero-order chi connectivity index (χ0) is 45.1. The molecule has 0 heterocycles. The van der Waals surface area contributed by atoms with Crippen molar-refractivity contribution in [1.29, 1.82) is 0 Å². The van der Waals surface area contributed by atoms with E-state index in [1.54, 1.807) is 0 Å². The van der Waals surface area contributed by atoms with Gasteiger partial charge in [0, 0.05) is 19.3 Å². The molecule has 0 aliphatic rings. The van der Waals surface area contributed by atoms with Crippen LogP contribution >= 0.6 is 0 Å². The molecule has 0 bridgehead atoms. The Labute approximate surface area is 386 Å². The van der Waals surface area contributed by atoms with E-state index in [9.17, 15) is 14.4 Å². The molecular weight excluding hydrogens is 769 g/mol. The van der Waals surface area contributed by atoms with Crippen LogP contribution in [0.1, 0.15) is 310 Å². The molecule has 0 saturated carbocycles. The summed E-state index contributed by atoms with van der Waals surface area (Å²) in [5.74, 6) is -0.863. The summed E-state index contributed by atoms with van der Waals surface area (Å²) in [4.78, 5) is 37.9. The lowest BCUT2D eigenvalue weighted by molar-refractivity contribution is -0.167. The number of rotatable bonds is 51. The lowest BCUT2D eigenvalue weighted by Crippen LogP contribution is -2.30. The Balaban J connectivity index is 4.13. The molecule has 0 aromatic heterocycles. The summed E-state index contributed by atoms with van der Waals surface area (Å²) in [5, 5.41) is 0. The Morgan fingerprint density at radius 2 is 0.532 bits per heavy atom. The molecule has 0 saturated heterocycles. The monoisotopic (exact) mass is 875 g/mol. The van der Waals surface area contributed by atoms with Gasteiger partial charge in [0.1, 0.15) is 13.2 Å². The molecule has 6 heteroatoms. The molecule has 0 aliphatic carbocycles. The highest BCUT2D eigenvalue weighted by Gasteiger charge is 2.19. The van der Waals surface area contributed by atoms with E-state index in [2.05, 4.69) is 32.9 Å². The van der Waals surface area contributed by atoms with Crippen molar-refractivity contribution >= 4 is 17.9 Å². The number of hydrogen-bond donors (Lipinski definition) is 0. The minimum Gasteiger partial charge on any atom is -0.462 e. The van der Waals surface area contributed by atoms with Crippen LogP contribution in [0.4, 0.5) is 0 Å². The zero-order valence-electron chi connectivity index (χ0n) is 41.9. The molecule has 1 atom stereocenters. The number of allylic oxidation sites excluding steroid dienone is 2. The first-order valence-electron chi connectivity index (χ1n) is 27.7. The van der Waals surface area contributed by atoms with Crippen LogP contribution in [-0.2, 0) is 28.6 Å². The van der Waals surface area contributed by atoms with Crippen LogP contribution in [0.5, 0.6) is 0 Å². The molecule has 62 heavy (non-hydrogen) atoms. The van der Waals surface area contributed by atoms with Crippen LogP contribution in [0, 0.1) is 0 Å². The summed E-state index contributed by atoms with van der Waals surface area (Å²) in [6.07, 6.45) is 57.9. The number of esters is 3. The highest BCUT2D eigenvalue weighted by Crippen LogP contribution is 2.17. The summed E-state index contributed by atoms with van der Waals surface area (Å²) < 4.78 is 16.8. The summed E-state index contributed by atoms with van der Waals surface area (Å²) >= 11 is 0. The molecule has 0 amide bonds. The fourth-order valence-corrected chi connectivity index (χ4v) is 8.32. The quantitative estimate of drug-likeness (QED) is 0.0262. The van der Waals surface area contributed by atoms with E-state index in [4.69, 9.17) is 14.2 Å². The Morgan fingerprint density at radius 3 is 0.839 bits per heavy atom. The summed E-state index contributed by atoms with van der Waals surface area (Å²) in [6, 6.07) is 0. The average Bonchev–Trinajstić information content (AvgIpc) is 3.27. The molecule has 0 spiro atoms. The average molecular weight is 875 g/mol. The highest BCUT2D eigenvalue weighted by atomic mass is 16.6. The van der Waals surface area contributed by atoms with Crippen molar-refractivity contribution < 1.29 is 28.6 Å². The largest absolute Gasteiger partial charge is 0.462 e. The first-order valence-corrected chi connectivity index (χ1v) is 27.7. The van der Waals surface area contributed by atoms with E-state index < -0.39 is 6.10 Å². The number of carbonyl (C=O) groups is 3. The second-order valence-electron chi connectivity index (χ2n) is 18.9. The van der Waals surface area contributed by atoms with Gasteiger partial charge in [-0.05, 0) is 44.9 Å². The summed E-state index contributed by atoms with van der Waals surface area (Å²) in [5.41, 5.74) is 0. The van der Waals surface area contributed by atoms with Crippen LogP contribution in [0.15, 0.2) is 12.2 Å². The maximum Gasteiger partial charge on any atom is 0.306 e. The van der Waals surface area contributed by atoms with Crippen LogP contribution in [0.3, 0.4) is 0 Å². The van der Waals surface area contributed by atoms with E-state index in [-0.39, 0.29) is 31.1 Å². The van der Waals surface area contributed by atoms with Crippen LogP contribution in [0.25, 0.3) is 0 Å². The Kier molecular flexibility index (Phi) is 50.2. The SMILES string of the molecule is CCCCC/C=C\CCCCCCCC(=O)OC(COC(=O)CCCCCCCCCCC)COC(=O)CCCCCCCCCCCCCCCCCCCCCCCCC. The Morgan fingerprint density at radius 1 is 0.306 bits per heavy atom. The van der Waals surface area contributed by atoms with Gasteiger partial charge in [-0.3, -0.25) is 14.4 Å². The van der Waals surface area contributed by atoms with Gasteiger partial charge in [0.25, 0.3) is 0 Å². The third kappa shape index (κ3) is 49.2. The number of ether oxygens (including phenoxy) is 3. The number of hydrogen-bond acceptors (Lipinski definition) is 6. The molecule has 0 aromatic rings. The van der Waals surface area contributed by atoms with Gasteiger partial charge in [0.15, 0.2) is 6.10 Å². The molecule has 0 N–H and O–H groups in total. The Hall–Kier alpha value is -1.85. The lowest BCUT2D eigenvalue weighted by atomic mass is 10.0. The first-order chi connectivity index (χ1) is 30.5. The fraction of sp³-hybridized carbons (Fsp3) is 0.911. The van der Waals surface area contributed by atoms with Crippen molar-refractivity contribution in [2.75, 3.05) is 13.2 Å². The molecule has 0 fully saturated rings. The van der Waals surface area contributed by atoms with E-state index in [1.165, 1.54) is 205 Å². The van der Waals surface area contributed by atoms with E-state index in [0.717, 1.165) is 64.2 Å². The zero-order valence-corrected chi connectivity index (χ0v) is 41.9. The maximum atomic E-state index is 12.8. The van der Waals surface area contributed by atoms with E-state index >= 15 is 0 Å². The van der Waals surface area contributed by atoms with Crippen molar-refractivity contribution in [3.63, 3.8) is 0 Å². The van der Waals surface area contributed by atoms with Gasteiger partial charge in [-0.1, -0.05) is 258 Å². The lowest BCUT2D eigenvalue weighted by Gasteiger charge is -2.18. The van der Waals surface area contributed by atoms with Gasteiger partial charge in [-0.25, -0.2) is 0 Å². The third-order valence-electron chi connectivity index (χ3n) is 12.5. The van der Waals surface area contributed by atoms with Gasteiger partial charge in [0.2, 0.25) is 0 Å². The maximum absolute atomic E-state index is 12.8. The molecular formula is C56H106O6. The third-order valence-corrected chi connectivity index (χ3v) is 12.5. The van der Waals surface area contributed by atoms with Crippen LogP contribution < -0.4 is 0 Å². The second-order valence-corrected chi connectivity index (χ2v) is 18.9. The van der Waals surface area contributed by atoms with Crippen molar-refractivity contribution in [3.05, 3.63) is 12.2 Å². The van der Waals surface area contributed by atoms with Crippen molar-refractivity contribution in [1.82, 2.24) is 0 Å². The van der Waals surface area contributed by atoms with Gasteiger partial charge in [0.05, 0.1) is 0 Å². The van der Waals surface area contributed by atoms with Crippen molar-refractivity contribution in [3.8, 4) is 0 Å². The minimum absolute atomic E-state index is 0.0683. The predicted molar refractivity (Wildman–Crippen MR) is 266 cm³/mol. The molecule has 1 unspecified atom stereocenters. The molecule has 0 rings (SSSR count). The molecule has 6 nitrogen and oxygen atoms in total. The number of unbranched alkanes of at least 4 members (excludes halogenated alkanes) is 38. The van der Waals surface area contributed by atoms with Crippen molar-refractivity contribution in [2.24, 2.45) is 0 Å². The standard InChI is InChI=1S/C56H106O6/c1-4-7-10-13-16-19-21-23-24-25-26-27-28-29-30-31-32-33-35-37-40-43-46-49-55(58)61-52-53(51-60-54(57)48-45-42-39-36-18-15-12-9-6-3)62-56(59)50-47-44-41-38-34-22-20-17-14-11-8-5-2/h17,20,53H,4-16,18-19,21-52H2,1-3H3/b20-17-. The first kappa shape index (κ1) is 60.2. The molecule has 0 radical (unpaired) electrons. The molecule has 366 valence electrons. The topological polar surface area (TPSA) is 78.9 Å². The van der Waals surface area contributed by atoms with E-state index in [0.29, 0.717) is 19.3 Å². The van der Waals surface area contributed by atoms with Gasteiger partial charge in [-0.15, -0.1) is 0 Å². The molecule has 0 aromatic carbocycles. The van der Waals surface area contributed by atoms with Gasteiger partial charge >= 0.3 is 17.9 Å². The highest BCUT2D eigenvalue weighted by molar-refractivity contribution is 5.71. The normalized spacial score (nSPS) is 12.0. The Bertz CT molecular complexity index is 962. The van der Waals surface area contributed by atoms with Crippen LogP contribution in [0.2, 0.25) is 0 Å². The number of carbonyl (C=O) groups excluding carboxylic acids is 3. The summed E-state index contributed by atoms with van der Waals surface area (Å²) in [6.45, 7) is 6.63. The smallest absolute Gasteiger partial charge is 0.306 e.